The Hall–Kier alpha value is -0.940. The quantitative estimate of drug-likeness (QED) is 0.806. The van der Waals surface area contributed by atoms with Gasteiger partial charge in [0.25, 0.3) is 0 Å². The molecular weight excluding hydrogens is 194 g/mol. The number of ether oxygens (including phenoxy) is 1. The van der Waals surface area contributed by atoms with Crippen LogP contribution in [0.25, 0.3) is 0 Å². The summed E-state index contributed by atoms with van der Waals surface area (Å²) in [5.41, 5.74) is 5.31. The fourth-order valence-corrected chi connectivity index (χ4v) is 1.17. The van der Waals surface area contributed by atoms with E-state index in [1.54, 1.807) is 7.11 Å². The normalized spacial score (nSPS) is 17.4. The van der Waals surface area contributed by atoms with Crippen LogP contribution in [0, 0.1) is 0 Å². The van der Waals surface area contributed by atoms with Gasteiger partial charge in [-0.2, -0.15) is 4.98 Å². The van der Waals surface area contributed by atoms with Crippen molar-refractivity contribution in [2.75, 3.05) is 7.11 Å². The van der Waals surface area contributed by atoms with Crippen molar-refractivity contribution in [1.82, 2.24) is 10.1 Å². The van der Waals surface area contributed by atoms with Crippen LogP contribution in [0.15, 0.2) is 4.52 Å². The second-order valence-corrected chi connectivity index (χ2v) is 3.76. The van der Waals surface area contributed by atoms with Crippen LogP contribution in [0.3, 0.4) is 0 Å². The molecular formula is C10H19N3O2. The summed E-state index contributed by atoms with van der Waals surface area (Å²) in [5.74, 6) is 1.04. The number of hydrogen-bond acceptors (Lipinski definition) is 5. The zero-order valence-electron chi connectivity index (χ0n) is 9.78. The first-order valence-electron chi connectivity index (χ1n) is 5.22. The third-order valence-electron chi connectivity index (χ3n) is 2.80. The molecule has 0 saturated carbocycles. The fraction of sp³-hybridized carbons (Fsp3) is 0.800. The van der Waals surface area contributed by atoms with Crippen molar-refractivity contribution in [3.8, 4) is 0 Å². The van der Waals surface area contributed by atoms with Crippen LogP contribution < -0.4 is 5.73 Å². The lowest BCUT2D eigenvalue weighted by molar-refractivity contribution is -0.0106. The van der Waals surface area contributed by atoms with Crippen LogP contribution in [-0.2, 0) is 10.3 Å². The lowest BCUT2D eigenvalue weighted by Gasteiger charge is -2.21. The van der Waals surface area contributed by atoms with Gasteiger partial charge in [-0.3, -0.25) is 0 Å². The van der Waals surface area contributed by atoms with Gasteiger partial charge in [-0.05, 0) is 19.8 Å². The highest BCUT2D eigenvalue weighted by Gasteiger charge is 2.30. The summed E-state index contributed by atoms with van der Waals surface area (Å²) in [6, 6.07) is -0.191. The third-order valence-corrected chi connectivity index (χ3v) is 2.80. The maximum Gasteiger partial charge on any atom is 0.243 e. The molecule has 15 heavy (non-hydrogen) atoms. The van der Waals surface area contributed by atoms with Gasteiger partial charge in [-0.1, -0.05) is 19.0 Å². The van der Waals surface area contributed by atoms with Crippen molar-refractivity contribution < 1.29 is 9.26 Å². The number of methoxy groups -OCH3 is 1. The van der Waals surface area contributed by atoms with Gasteiger partial charge in [-0.25, -0.2) is 0 Å². The maximum atomic E-state index is 5.80. The summed E-state index contributed by atoms with van der Waals surface area (Å²) in [7, 11) is 1.64. The number of rotatable bonds is 5. The van der Waals surface area contributed by atoms with Gasteiger partial charge in [0.15, 0.2) is 0 Å². The maximum absolute atomic E-state index is 5.80. The minimum absolute atomic E-state index is 0.191. The molecule has 0 bridgehead atoms. The van der Waals surface area contributed by atoms with Crippen molar-refractivity contribution in [3.63, 3.8) is 0 Å². The average Bonchev–Trinajstić information content (AvgIpc) is 2.76. The zero-order chi connectivity index (χ0) is 11.5. The Morgan fingerprint density at radius 3 is 2.67 bits per heavy atom. The van der Waals surface area contributed by atoms with E-state index in [4.69, 9.17) is 15.0 Å². The Morgan fingerprint density at radius 2 is 2.20 bits per heavy atom. The van der Waals surface area contributed by atoms with E-state index in [0.717, 1.165) is 12.8 Å². The van der Waals surface area contributed by atoms with Gasteiger partial charge in [0.2, 0.25) is 11.7 Å². The molecule has 5 heteroatoms. The zero-order valence-corrected chi connectivity index (χ0v) is 9.78. The SMILES string of the molecule is CCC(N)c1nc(C(C)(CC)OC)no1. The smallest absolute Gasteiger partial charge is 0.243 e. The van der Waals surface area contributed by atoms with Crippen molar-refractivity contribution >= 4 is 0 Å². The molecule has 2 N–H and O–H groups in total. The molecule has 1 heterocycles. The summed E-state index contributed by atoms with van der Waals surface area (Å²) in [5, 5.41) is 3.91. The molecule has 0 aliphatic heterocycles. The Labute approximate surface area is 90.0 Å². The van der Waals surface area contributed by atoms with Crippen molar-refractivity contribution in [2.45, 2.75) is 45.3 Å². The van der Waals surface area contributed by atoms with Crippen LogP contribution in [0.1, 0.15) is 51.4 Å². The molecule has 0 fully saturated rings. The standard InChI is InChI=1S/C10H19N3O2/c1-5-7(11)8-12-9(13-15-8)10(3,6-2)14-4/h7H,5-6,11H2,1-4H3. The Kier molecular flexibility index (Phi) is 3.82. The number of nitrogens with two attached hydrogens (primary N) is 1. The van der Waals surface area contributed by atoms with E-state index in [0.29, 0.717) is 11.7 Å². The second-order valence-electron chi connectivity index (χ2n) is 3.76. The molecule has 0 spiro atoms. The Balaban J connectivity index is 2.92. The van der Waals surface area contributed by atoms with Crippen LogP contribution in [0.5, 0.6) is 0 Å². The highest BCUT2D eigenvalue weighted by molar-refractivity contribution is 5.00. The number of nitrogens with zero attached hydrogens (tertiary/aromatic N) is 2. The predicted octanol–water partition coefficient (Wildman–Crippen LogP) is 1.75. The molecule has 2 atom stereocenters. The summed E-state index contributed by atoms with van der Waals surface area (Å²) < 4.78 is 10.5. The van der Waals surface area contributed by atoms with E-state index < -0.39 is 5.60 Å². The molecule has 1 rings (SSSR count). The average molecular weight is 213 g/mol. The van der Waals surface area contributed by atoms with Crippen molar-refractivity contribution in [2.24, 2.45) is 5.73 Å². The van der Waals surface area contributed by atoms with Crippen LogP contribution in [-0.4, -0.2) is 17.3 Å². The molecule has 0 radical (unpaired) electrons. The van der Waals surface area contributed by atoms with Crippen LogP contribution >= 0.6 is 0 Å². The monoisotopic (exact) mass is 213 g/mol. The predicted molar refractivity (Wildman–Crippen MR) is 56.2 cm³/mol. The second kappa shape index (κ2) is 4.72. The highest BCUT2D eigenvalue weighted by Crippen LogP contribution is 2.26. The first-order valence-corrected chi connectivity index (χ1v) is 5.22. The van der Waals surface area contributed by atoms with E-state index in [1.165, 1.54) is 0 Å². The molecule has 2 unspecified atom stereocenters. The minimum atomic E-state index is -0.491. The molecule has 1 aromatic heterocycles. The first kappa shape index (κ1) is 12.1. The fourth-order valence-electron chi connectivity index (χ4n) is 1.17. The van der Waals surface area contributed by atoms with Gasteiger partial charge in [-0.15, -0.1) is 0 Å². The van der Waals surface area contributed by atoms with Gasteiger partial charge in [0.05, 0.1) is 6.04 Å². The first-order chi connectivity index (χ1) is 7.07. The van der Waals surface area contributed by atoms with Gasteiger partial charge >= 0.3 is 0 Å². The lowest BCUT2D eigenvalue weighted by atomic mass is 10.0. The number of hydrogen-bond donors (Lipinski definition) is 1. The lowest BCUT2D eigenvalue weighted by Crippen LogP contribution is -2.25. The largest absolute Gasteiger partial charge is 0.370 e. The Morgan fingerprint density at radius 1 is 1.53 bits per heavy atom. The Bertz CT molecular complexity index is 307. The van der Waals surface area contributed by atoms with E-state index in [2.05, 4.69) is 10.1 Å². The third kappa shape index (κ3) is 2.35. The molecule has 86 valence electrons. The van der Waals surface area contributed by atoms with Gasteiger partial charge < -0.3 is 15.0 Å². The van der Waals surface area contributed by atoms with Crippen LogP contribution in [0.4, 0.5) is 0 Å². The highest BCUT2D eigenvalue weighted by atomic mass is 16.5. The summed E-state index contributed by atoms with van der Waals surface area (Å²) in [6.07, 6.45) is 1.56. The van der Waals surface area contributed by atoms with Gasteiger partial charge in [0, 0.05) is 7.11 Å². The topological polar surface area (TPSA) is 74.2 Å². The van der Waals surface area contributed by atoms with Crippen LogP contribution in [0.2, 0.25) is 0 Å². The molecule has 1 aromatic rings. The van der Waals surface area contributed by atoms with Crippen molar-refractivity contribution in [1.29, 1.82) is 0 Å². The number of aromatic nitrogens is 2. The van der Waals surface area contributed by atoms with E-state index >= 15 is 0 Å². The molecule has 0 amide bonds. The van der Waals surface area contributed by atoms with E-state index in [-0.39, 0.29) is 6.04 Å². The summed E-state index contributed by atoms with van der Waals surface area (Å²) in [4.78, 5) is 4.27. The summed E-state index contributed by atoms with van der Waals surface area (Å²) in [6.45, 7) is 5.92. The van der Waals surface area contributed by atoms with Crippen molar-refractivity contribution in [3.05, 3.63) is 11.7 Å². The van der Waals surface area contributed by atoms with Gasteiger partial charge in [0.1, 0.15) is 5.60 Å². The van der Waals surface area contributed by atoms with E-state index in [9.17, 15) is 0 Å². The van der Waals surface area contributed by atoms with E-state index in [1.807, 2.05) is 20.8 Å². The molecule has 0 aromatic carbocycles. The molecule has 0 aliphatic carbocycles. The molecule has 0 saturated heterocycles. The summed E-state index contributed by atoms with van der Waals surface area (Å²) >= 11 is 0. The molecule has 5 nitrogen and oxygen atoms in total. The minimum Gasteiger partial charge on any atom is -0.370 e. The molecule has 0 aliphatic rings.